The Morgan fingerprint density at radius 2 is 2.14 bits per heavy atom. The zero-order valence-corrected chi connectivity index (χ0v) is 12.2. The number of unbranched alkanes of at least 4 members (excludes halogenated alkanes) is 1. The van der Waals surface area contributed by atoms with Crippen LogP contribution in [-0.4, -0.2) is 23.8 Å². The minimum Gasteiger partial charge on any atom is -0.427 e. The summed E-state index contributed by atoms with van der Waals surface area (Å²) in [7, 11) is 0. The first kappa shape index (κ1) is 17.2. The number of nitrogens with two attached hydrogens (primary N) is 1. The van der Waals surface area contributed by atoms with E-state index < -0.39 is 23.8 Å². The third-order valence-corrected chi connectivity index (χ3v) is 2.79. The van der Waals surface area contributed by atoms with E-state index in [0.717, 1.165) is 0 Å². The molecule has 1 atom stereocenters. The van der Waals surface area contributed by atoms with E-state index in [1.165, 1.54) is 25.1 Å². The first-order valence-electron chi connectivity index (χ1n) is 6.69. The van der Waals surface area contributed by atoms with E-state index in [2.05, 4.69) is 5.32 Å². The highest BCUT2D eigenvalue weighted by atomic mass is 16.5. The molecule has 0 aliphatic heterocycles. The van der Waals surface area contributed by atoms with Crippen LogP contribution in [0.3, 0.4) is 0 Å². The predicted octanol–water partition coefficient (Wildman–Crippen LogP) is 0.889. The summed E-state index contributed by atoms with van der Waals surface area (Å²) >= 11 is 0. The van der Waals surface area contributed by atoms with Gasteiger partial charge in [0.05, 0.1) is 6.07 Å². The van der Waals surface area contributed by atoms with Crippen molar-refractivity contribution >= 4 is 17.8 Å². The van der Waals surface area contributed by atoms with Crippen molar-refractivity contribution in [3.63, 3.8) is 0 Å². The van der Waals surface area contributed by atoms with Crippen LogP contribution in [0.4, 0.5) is 0 Å². The molecule has 116 valence electrons. The van der Waals surface area contributed by atoms with Crippen LogP contribution < -0.4 is 15.8 Å². The van der Waals surface area contributed by atoms with Crippen molar-refractivity contribution in [1.82, 2.24) is 5.32 Å². The van der Waals surface area contributed by atoms with Gasteiger partial charge in [0.25, 0.3) is 5.91 Å². The van der Waals surface area contributed by atoms with Gasteiger partial charge in [0.15, 0.2) is 0 Å². The molecule has 0 bridgehead atoms. The monoisotopic (exact) mass is 303 g/mol. The molecule has 22 heavy (non-hydrogen) atoms. The van der Waals surface area contributed by atoms with Crippen molar-refractivity contribution in [2.75, 3.05) is 0 Å². The van der Waals surface area contributed by atoms with E-state index in [9.17, 15) is 14.4 Å². The number of nitrogens with zero attached hydrogens (tertiary/aromatic N) is 1. The number of rotatable bonds is 7. The zero-order valence-electron chi connectivity index (χ0n) is 12.2. The fraction of sp³-hybridized carbons (Fsp3) is 0.333. The van der Waals surface area contributed by atoms with Crippen molar-refractivity contribution in [3.8, 4) is 11.8 Å². The van der Waals surface area contributed by atoms with E-state index in [0.29, 0.717) is 6.42 Å². The largest absolute Gasteiger partial charge is 0.427 e. The maximum atomic E-state index is 12.1. The van der Waals surface area contributed by atoms with Crippen molar-refractivity contribution < 1.29 is 19.1 Å². The van der Waals surface area contributed by atoms with Crippen LogP contribution in [0.15, 0.2) is 24.3 Å². The molecule has 0 saturated carbocycles. The summed E-state index contributed by atoms with van der Waals surface area (Å²) in [6, 6.07) is 7.12. The van der Waals surface area contributed by atoms with E-state index in [1.54, 1.807) is 6.07 Å². The summed E-state index contributed by atoms with van der Waals surface area (Å²) in [5.74, 6) is -1.43. The Labute approximate surface area is 128 Å². The molecule has 0 heterocycles. The highest BCUT2D eigenvalue weighted by Crippen LogP contribution is 2.14. The summed E-state index contributed by atoms with van der Waals surface area (Å²) in [6.45, 7) is 1.26. The van der Waals surface area contributed by atoms with Crippen LogP contribution in [0.5, 0.6) is 5.75 Å². The second-order valence-electron chi connectivity index (χ2n) is 4.60. The fourth-order valence-electron chi connectivity index (χ4n) is 1.78. The van der Waals surface area contributed by atoms with E-state index in [-0.39, 0.29) is 24.2 Å². The summed E-state index contributed by atoms with van der Waals surface area (Å²) in [4.78, 5) is 34.3. The topological polar surface area (TPSA) is 122 Å². The normalized spacial score (nSPS) is 11.1. The number of hydrogen-bond donors (Lipinski definition) is 2. The number of esters is 1. The Balaban J connectivity index is 2.75. The minimum atomic E-state index is -0.849. The minimum absolute atomic E-state index is 0.236. The Bertz CT molecular complexity index is 607. The molecule has 7 heteroatoms. The van der Waals surface area contributed by atoms with Crippen LogP contribution in [0.1, 0.15) is 36.5 Å². The molecule has 0 aliphatic rings. The smallest absolute Gasteiger partial charge is 0.308 e. The average molecular weight is 303 g/mol. The Kier molecular flexibility index (Phi) is 6.57. The van der Waals surface area contributed by atoms with Crippen LogP contribution in [0, 0.1) is 11.3 Å². The van der Waals surface area contributed by atoms with Gasteiger partial charge in [-0.15, -0.1) is 0 Å². The van der Waals surface area contributed by atoms with Crippen molar-refractivity contribution in [1.29, 1.82) is 5.26 Å². The van der Waals surface area contributed by atoms with Crippen molar-refractivity contribution in [3.05, 3.63) is 29.8 Å². The van der Waals surface area contributed by atoms with Gasteiger partial charge < -0.3 is 15.8 Å². The molecule has 0 aliphatic carbocycles. The first-order valence-corrected chi connectivity index (χ1v) is 6.69. The molecule has 2 amide bonds. The Morgan fingerprint density at radius 3 is 2.73 bits per heavy atom. The van der Waals surface area contributed by atoms with E-state index >= 15 is 0 Å². The number of hydrogen-bond acceptors (Lipinski definition) is 5. The summed E-state index contributed by atoms with van der Waals surface area (Å²) in [5.41, 5.74) is 5.48. The molecule has 1 aromatic rings. The Morgan fingerprint density at radius 1 is 1.41 bits per heavy atom. The molecule has 0 radical (unpaired) electrons. The van der Waals surface area contributed by atoms with Gasteiger partial charge in [-0.2, -0.15) is 5.26 Å². The number of carbonyl (C=O) groups excluding carboxylic acids is 3. The fourth-order valence-corrected chi connectivity index (χ4v) is 1.78. The first-order chi connectivity index (χ1) is 10.4. The van der Waals surface area contributed by atoms with Gasteiger partial charge in [0, 0.05) is 18.9 Å². The summed E-state index contributed by atoms with van der Waals surface area (Å²) < 4.78 is 4.89. The molecular weight excluding hydrogens is 286 g/mol. The maximum absolute atomic E-state index is 12.1. The standard InChI is InChI=1S/C15H17N3O4/c1-10(19)22-12-6-4-5-11(9-12)15(21)18-13(14(17)20)7-2-3-8-16/h4-6,9,13H,2-3,7H2,1H3,(H2,17,20)(H,18,21)/t13-/m0/s1. The van der Waals surface area contributed by atoms with Gasteiger partial charge in [-0.05, 0) is 31.0 Å². The molecular formula is C15H17N3O4. The number of carbonyl (C=O) groups is 3. The number of ether oxygens (including phenoxy) is 1. The number of primary amides is 1. The molecule has 1 rings (SSSR count). The van der Waals surface area contributed by atoms with Crippen LogP contribution in [0.25, 0.3) is 0 Å². The Hall–Kier alpha value is -2.88. The van der Waals surface area contributed by atoms with Gasteiger partial charge in [-0.1, -0.05) is 6.07 Å². The van der Waals surface area contributed by atoms with Gasteiger partial charge in [0.1, 0.15) is 11.8 Å². The summed E-state index contributed by atoms with van der Waals surface area (Å²) in [6.07, 6.45) is 1.03. The van der Waals surface area contributed by atoms with E-state index in [4.69, 9.17) is 15.7 Å². The molecule has 0 unspecified atom stereocenters. The highest BCUT2D eigenvalue weighted by Gasteiger charge is 2.18. The molecule has 3 N–H and O–H groups in total. The number of nitriles is 1. The number of nitrogens with one attached hydrogen (secondary N) is 1. The average Bonchev–Trinajstić information content (AvgIpc) is 2.45. The molecule has 0 aromatic heterocycles. The third-order valence-electron chi connectivity index (χ3n) is 2.79. The van der Waals surface area contributed by atoms with Crippen LogP contribution in [0.2, 0.25) is 0 Å². The third kappa shape index (κ3) is 5.63. The molecule has 0 saturated heterocycles. The van der Waals surface area contributed by atoms with Gasteiger partial charge in [0.2, 0.25) is 5.91 Å². The van der Waals surface area contributed by atoms with Gasteiger partial charge in [-0.25, -0.2) is 0 Å². The van der Waals surface area contributed by atoms with Gasteiger partial charge >= 0.3 is 5.97 Å². The van der Waals surface area contributed by atoms with Crippen LogP contribution in [-0.2, 0) is 9.59 Å². The lowest BCUT2D eigenvalue weighted by Crippen LogP contribution is -2.44. The second-order valence-corrected chi connectivity index (χ2v) is 4.60. The lowest BCUT2D eigenvalue weighted by Gasteiger charge is -2.15. The van der Waals surface area contributed by atoms with Gasteiger partial charge in [-0.3, -0.25) is 14.4 Å². The zero-order chi connectivity index (χ0) is 16.5. The maximum Gasteiger partial charge on any atom is 0.308 e. The molecule has 0 fully saturated rings. The highest BCUT2D eigenvalue weighted by molar-refractivity contribution is 5.97. The lowest BCUT2D eigenvalue weighted by molar-refractivity contribution is -0.131. The SMILES string of the molecule is CC(=O)Oc1cccc(C(=O)N[C@@H](CCCC#N)C(N)=O)c1. The predicted molar refractivity (Wildman–Crippen MR) is 77.7 cm³/mol. The lowest BCUT2D eigenvalue weighted by atomic mass is 10.1. The second kappa shape index (κ2) is 8.42. The summed E-state index contributed by atoms with van der Waals surface area (Å²) in [5, 5.41) is 11.0. The van der Waals surface area contributed by atoms with Crippen molar-refractivity contribution in [2.24, 2.45) is 5.73 Å². The molecule has 7 nitrogen and oxygen atoms in total. The van der Waals surface area contributed by atoms with Crippen LogP contribution >= 0.6 is 0 Å². The quantitative estimate of drug-likeness (QED) is 0.440. The van der Waals surface area contributed by atoms with E-state index in [1.807, 2.05) is 6.07 Å². The number of amides is 2. The molecule has 0 spiro atoms. The van der Waals surface area contributed by atoms with Crippen molar-refractivity contribution in [2.45, 2.75) is 32.2 Å². The molecule has 1 aromatic carbocycles. The number of benzene rings is 1.